The maximum absolute atomic E-state index is 4.80. The Kier molecular flexibility index (Phi) is 5.08. The molecule has 22 heavy (non-hydrogen) atoms. The summed E-state index contributed by atoms with van der Waals surface area (Å²) in [5, 5.41) is 3.43. The lowest BCUT2D eigenvalue weighted by Crippen LogP contribution is -2.53. The second-order valence-corrected chi connectivity index (χ2v) is 5.99. The molecule has 0 amide bonds. The number of nitrogens with one attached hydrogen (secondary N) is 1. The molecule has 0 spiro atoms. The summed E-state index contributed by atoms with van der Waals surface area (Å²) in [7, 11) is 0. The van der Waals surface area contributed by atoms with Gasteiger partial charge in [-0.2, -0.15) is 0 Å². The fourth-order valence-electron chi connectivity index (χ4n) is 2.76. The highest BCUT2D eigenvalue weighted by molar-refractivity contribution is 5.80. The van der Waals surface area contributed by atoms with Gasteiger partial charge >= 0.3 is 0 Å². The van der Waals surface area contributed by atoms with Crippen LogP contribution in [0, 0.1) is 5.92 Å². The predicted molar refractivity (Wildman–Crippen MR) is 89.1 cm³/mol. The molecule has 6 nitrogen and oxygen atoms in total. The van der Waals surface area contributed by atoms with Gasteiger partial charge in [-0.15, -0.1) is 0 Å². The molecule has 1 saturated heterocycles. The fourth-order valence-corrected chi connectivity index (χ4v) is 2.76. The molecule has 1 N–H and O–H groups in total. The highest BCUT2D eigenvalue weighted by Gasteiger charge is 2.22. The zero-order chi connectivity index (χ0) is 15.2. The van der Waals surface area contributed by atoms with E-state index in [4.69, 9.17) is 4.99 Å². The SMILES string of the molecule is CCNC(=NCCC1CC1)N1CCN(c2ncccn2)CC1. The zero-order valence-electron chi connectivity index (χ0n) is 13.4. The second-order valence-electron chi connectivity index (χ2n) is 5.99. The monoisotopic (exact) mass is 302 g/mol. The molecule has 2 heterocycles. The largest absolute Gasteiger partial charge is 0.357 e. The molecular formula is C16H26N6. The first-order chi connectivity index (χ1) is 10.9. The average molecular weight is 302 g/mol. The number of rotatable bonds is 5. The molecule has 3 rings (SSSR count). The summed E-state index contributed by atoms with van der Waals surface area (Å²) in [4.78, 5) is 18.1. The summed E-state index contributed by atoms with van der Waals surface area (Å²) in [6.45, 7) is 7.82. The van der Waals surface area contributed by atoms with Crippen molar-refractivity contribution >= 4 is 11.9 Å². The van der Waals surface area contributed by atoms with Crippen LogP contribution in [0.2, 0.25) is 0 Å². The molecule has 0 atom stereocenters. The van der Waals surface area contributed by atoms with Gasteiger partial charge in [0.15, 0.2) is 5.96 Å². The van der Waals surface area contributed by atoms with Crippen LogP contribution in [0.3, 0.4) is 0 Å². The van der Waals surface area contributed by atoms with Crippen LogP contribution in [0.5, 0.6) is 0 Å². The number of hydrogen-bond acceptors (Lipinski definition) is 4. The molecule has 1 aromatic heterocycles. The number of nitrogens with zero attached hydrogens (tertiary/aromatic N) is 5. The van der Waals surface area contributed by atoms with Crippen molar-refractivity contribution in [3.63, 3.8) is 0 Å². The van der Waals surface area contributed by atoms with Gasteiger partial charge in [-0.3, -0.25) is 4.99 Å². The molecule has 1 aromatic rings. The first-order valence-corrected chi connectivity index (χ1v) is 8.42. The number of piperazine rings is 1. The Morgan fingerprint density at radius 3 is 2.59 bits per heavy atom. The van der Waals surface area contributed by atoms with Crippen LogP contribution in [-0.2, 0) is 0 Å². The minimum Gasteiger partial charge on any atom is -0.357 e. The van der Waals surface area contributed by atoms with Crippen molar-refractivity contribution in [2.24, 2.45) is 10.9 Å². The zero-order valence-corrected chi connectivity index (χ0v) is 13.4. The summed E-state index contributed by atoms with van der Waals surface area (Å²) in [6.07, 6.45) is 7.66. The van der Waals surface area contributed by atoms with Crippen molar-refractivity contribution < 1.29 is 0 Å². The van der Waals surface area contributed by atoms with Gasteiger partial charge in [-0.25, -0.2) is 9.97 Å². The molecule has 6 heteroatoms. The van der Waals surface area contributed by atoms with E-state index < -0.39 is 0 Å². The minimum absolute atomic E-state index is 0.831. The van der Waals surface area contributed by atoms with Crippen molar-refractivity contribution in [2.45, 2.75) is 26.2 Å². The van der Waals surface area contributed by atoms with Crippen molar-refractivity contribution in [3.8, 4) is 0 Å². The maximum atomic E-state index is 4.80. The molecule has 120 valence electrons. The topological polar surface area (TPSA) is 56.7 Å². The van der Waals surface area contributed by atoms with Crippen LogP contribution in [0.4, 0.5) is 5.95 Å². The van der Waals surface area contributed by atoms with Crippen LogP contribution in [0.25, 0.3) is 0 Å². The van der Waals surface area contributed by atoms with E-state index in [-0.39, 0.29) is 0 Å². The van der Waals surface area contributed by atoms with E-state index in [1.54, 1.807) is 12.4 Å². The molecule has 1 aliphatic heterocycles. The van der Waals surface area contributed by atoms with Gasteiger partial charge in [0.05, 0.1) is 0 Å². The Balaban J connectivity index is 1.53. The van der Waals surface area contributed by atoms with Crippen LogP contribution < -0.4 is 10.2 Å². The molecule has 1 aliphatic carbocycles. The number of aliphatic imine (C=N–C) groups is 1. The molecule has 0 bridgehead atoms. The third-order valence-corrected chi connectivity index (χ3v) is 4.24. The van der Waals surface area contributed by atoms with E-state index in [0.29, 0.717) is 0 Å². The van der Waals surface area contributed by atoms with Gasteiger partial charge in [-0.1, -0.05) is 12.8 Å². The van der Waals surface area contributed by atoms with Crippen LogP contribution >= 0.6 is 0 Å². The van der Waals surface area contributed by atoms with E-state index in [9.17, 15) is 0 Å². The highest BCUT2D eigenvalue weighted by Crippen LogP contribution is 2.32. The van der Waals surface area contributed by atoms with E-state index in [2.05, 4.69) is 32.0 Å². The van der Waals surface area contributed by atoms with Crippen molar-refractivity contribution in [1.82, 2.24) is 20.2 Å². The maximum Gasteiger partial charge on any atom is 0.225 e. The van der Waals surface area contributed by atoms with Crippen LogP contribution in [0.15, 0.2) is 23.5 Å². The molecule has 0 aromatic carbocycles. The number of guanidine groups is 1. The summed E-state index contributed by atoms with van der Waals surface area (Å²) in [6, 6.07) is 1.86. The van der Waals surface area contributed by atoms with Crippen LogP contribution in [-0.4, -0.2) is 60.1 Å². The van der Waals surface area contributed by atoms with E-state index in [0.717, 1.165) is 57.1 Å². The van der Waals surface area contributed by atoms with Crippen LogP contribution in [0.1, 0.15) is 26.2 Å². The number of aromatic nitrogens is 2. The predicted octanol–water partition coefficient (Wildman–Crippen LogP) is 1.36. The summed E-state index contributed by atoms with van der Waals surface area (Å²) in [5.41, 5.74) is 0. The first kappa shape index (κ1) is 15.1. The Morgan fingerprint density at radius 2 is 1.95 bits per heavy atom. The lowest BCUT2D eigenvalue weighted by atomic mass is 10.3. The Morgan fingerprint density at radius 1 is 1.23 bits per heavy atom. The highest BCUT2D eigenvalue weighted by atomic mass is 15.4. The Hall–Kier alpha value is -1.85. The average Bonchev–Trinajstić information content (AvgIpc) is 3.39. The van der Waals surface area contributed by atoms with E-state index in [1.807, 2.05) is 6.07 Å². The number of hydrogen-bond donors (Lipinski definition) is 1. The lowest BCUT2D eigenvalue weighted by Gasteiger charge is -2.36. The molecule has 0 radical (unpaired) electrons. The second kappa shape index (κ2) is 7.42. The third-order valence-electron chi connectivity index (χ3n) is 4.24. The summed E-state index contributed by atoms with van der Waals surface area (Å²) >= 11 is 0. The molecular weight excluding hydrogens is 276 g/mol. The van der Waals surface area contributed by atoms with E-state index in [1.165, 1.54) is 19.3 Å². The fraction of sp³-hybridized carbons (Fsp3) is 0.688. The standard InChI is InChI=1S/C16H26N6/c1-2-17-15(20-9-6-14-4-5-14)21-10-12-22(13-11-21)16-18-7-3-8-19-16/h3,7-8,14H,2,4-6,9-13H2,1H3,(H,17,20). The number of anilines is 1. The summed E-state index contributed by atoms with van der Waals surface area (Å²) in [5.74, 6) is 2.84. The molecule has 2 fully saturated rings. The van der Waals surface area contributed by atoms with Gasteiger partial charge in [-0.05, 0) is 25.3 Å². The third kappa shape index (κ3) is 4.08. The summed E-state index contributed by atoms with van der Waals surface area (Å²) < 4.78 is 0. The Labute approximate surface area is 132 Å². The van der Waals surface area contributed by atoms with Gasteiger partial charge in [0.1, 0.15) is 0 Å². The molecule has 2 aliphatic rings. The quantitative estimate of drug-likeness (QED) is 0.657. The van der Waals surface area contributed by atoms with Gasteiger partial charge < -0.3 is 15.1 Å². The lowest BCUT2D eigenvalue weighted by molar-refractivity contribution is 0.370. The molecule has 0 unspecified atom stereocenters. The van der Waals surface area contributed by atoms with Gasteiger partial charge in [0.2, 0.25) is 5.95 Å². The van der Waals surface area contributed by atoms with E-state index >= 15 is 0 Å². The molecule has 1 saturated carbocycles. The van der Waals surface area contributed by atoms with Gasteiger partial charge in [0, 0.05) is 51.7 Å². The Bertz CT molecular complexity index is 477. The smallest absolute Gasteiger partial charge is 0.225 e. The van der Waals surface area contributed by atoms with Crippen molar-refractivity contribution in [1.29, 1.82) is 0 Å². The minimum atomic E-state index is 0.831. The van der Waals surface area contributed by atoms with Crippen molar-refractivity contribution in [3.05, 3.63) is 18.5 Å². The van der Waals surface area contributed by atoms with Gasteiger partial charge in [0.25, 0.3) is 0 Å². The normalized spacial score (nSPS) is 19.4. The first-order valence-electron chi connectivity index (χ1n) is 8.42. The van der Waals surface area contributed by atoms with Crippen molar-refractivity contribution in [2.75, 3.05) is 44.2 Å².